The van der Waals surface area contributed by atoms with E-state index in [1.54, 1.807) is 4.68 Å². The summed E-state index contributed by atoms with van der Waals surface area (Å²) in [7, 11) is -3.99. The molecule has 9 heteroatoms. The van der Waals surface area contributed by atoms with Crippen molar-refractivity contribution in [1.82, 2.24) is 14.5 Å². The summed E-state index contributed by atoms with van der Waals surface area (Å²) in [6.45, 7) is 3.06. The standard InChI is InChI=1S/C20H26N4O4S/c1-12-10-24-19(28-11-12)17(9-21-24)29(26,27)23-20(25)22-18-15-6-2-4-13(15)8-14-5-3-7-16(14)18/h8-9,12,20,22-23,25H,2-7,10-11H2,1H3. The molecule has 5 rings (SSSR count). The summed E-state index contributed by atoms with van der Waals surface area (Å²) >= 11 is 0. The van der Waals surface area contributed by atoms with Gasteiger partial charge in [-0.25, -0.2) is 13.1 Å². The Morgan fingerprint density at radius 2 is 1.90 bits per heavy atom. The molecule has 2 aliphatic carbocycles. The first-order valence-corrected chi connectivity index (χ1v) is 11.7. The fourth-order valence-electron chi connectivity index (χ4n) is 4.75. The number of nitrogens with one attached hydrogen (secondary N) is 2. The number of aliphatic hydroxyl groups is 1. The zero-order valence-electron chi connectivity index (χ0n) is 16.4. The lowest BCUT2D eigenvalue weighted by molar-refractivity contribution is 0.170. The third-order valence-corrected chi connectivity index (χ3v) is 7.45. The third-order valence-electron chi connectivity index (χ3n) is 6.06. The molecule has 0 fully saturated rings. The molecule has 2 heterocycles. The molecule has 0 saturated heterocycles. The Kier molecular flexibility index (Phi) is 4.56. The molecule has 3 N–H and O–H groups in total. The number of nitrogens with zero attached hydrogens (tertiary/aromatic N) is 2. The van der Waals surface area contributed by atoms with E-state index in [9.17, 15) is 13.5 Å². The van der Waals surface area contributed by atoms with Crippen molar-refractivity contribution in [1.29, 1.82) is 0 Å². The van der Waals surface area contributed by atoms with Crippen molar-refractivity contribution in [3.8, 4) is 5.88 Å². The summed E-state index contributed by atoms with van der Waals surface area (Å²) in [5, 5.41) is 17.8. The number of hydrogen-bond donors (Lipinski definition) is 3. The molecule has 2 unspecified atom stereocenters. The lowest BCUT2D eigenvalue weighted by Gasteiger charge is -2.23. The fraction of sp³-hybridized carbons (Fsp3) is 0.550. The van der Waals surface area contributed by atoms with Crippen LogP contribution in [0.2, 0.25) is 0 Å². The normalized spacial score (nSPS) is 21.2. The Hall–Kier alpha value is -2.10. The van der Waals surface area contributed by atoms with Gasteiger partial charge in [0.1, 0.15) is 0 Å². The molecule has 1 aromatic carbocycles. The maximum atomic E-state index is 12.9. The molecular formula is C20H26N4O4S. The Bertz CT molecular complexity index is 1030. The molecule has 0 bridgehead atoms. The highest BCUT2D eigenvalue weighted by Gasteiger charge is 2.31. The van der Waals surface area contributed by atoms with E-state index in [2.05, 4.69) is 21.2 Å². The van der Waals surface area contributed by atoms with Crippen LogP contribution < -0.4 is 14.8 Å². The van der Waals surface area contributed by atoms with Crippen LogP contribution in [0.1, 0.15) is 42.0 Å². The van der Waals surface area contributed by atoms with Gasteiger partial charge in [-0.3, -0.25) is 0 Å². The molecule has 1 aromatic heterocycles. The molecule has 3 aliphatic rings. The molecule has 29 heavy (non-hydrogen) atoms. The molecule has 156 valence electrons. The van der Waals surface area contributed by atoms with Gasteiger partial charge in [-0.05, 0) is 60.8 Å². The van der Waals surface area contributed by atoms with Crippen LogP contribution in [-0.2, 0) is 42.3 Å². The van der Waals surface area contributed by atoms with Crippen molar-refractivity contribution in [3.63, 3.8) is 0 Å². The largest absolute Gasteiger partial charge is 0.477 e. The van der Waals surface area contributed by atoms with Gasteiger partial charge in [-0.2, -0.15) is 9.82 Å². The van der Waals surface area contributed by atoms with E-state index in [-0.39, 0.29) is 16.7 Å². The number of sulfonamides is 1. The number of fused-ring (bicyclic) bond motifs is 3. The van der Waals surface area contributed by atoms with Gasteiger partial charge in [0.2, 0.25) is 5.88 Å². The number of aliphatic hydroxyl groups excluding tert-OH is 1. The topological polar surface area (TPSA) is 105 Å². The number of ether oxygens (including phenoxy) is 1. The molecule has 2 atom stereocenters. The van der Waals surface area contributed by atoms with Crippen LogP contribution in [0.3, 0.4) is 0 Å². The minimum absolute atomic E-state index is 0.0474. The van der Waals surface area contributed by atoms with E-state index >= 15 is 0 Å². The average Bonchev–Trinajstić information content (AvgIpc) is 3.39. The van der Waals surface area contributed by atoms with Crippen molar-refractivity contribution < 1.29 is 18.3 Å². The smallest absolute Gasteiger partial charge is 0.251 e. The van der Waals surface area contributed by atoms with Gasteiger partial charge in [0, 0.05) is 11.6 Å². The Balaban J connectivity index is 1.39. The number of aromatic nitrogens is 2. The highest BCUT2D eigenvalue weighted by Crippen LogP contribution is 2.38. The fourth-order valence-corrected chi connectivity index (χ4v) is 5.81. The summed E-state index contributed by atoms with van der Waals surface area (Å²) in [5.41, 5.74) is 5.96. The van der Waals surface area contributed by atoms with Gasteiger partial charge >= 0.3 is 0 Å². The summed E-state index contributed by atoms with van der Waals surface area (Å²) < 4.78 is 35.2. The Morgan fingerprint density at radius 3 is 2.59 bits per heavy atom. The van der Waals surface area contributed by atoms with E-state index in [1.807, 2.05) is 6.92 Å². The van der Waals surface area contributed by atoms with Crippen molar-refractivity contribution in [3.05, 3.63) is 34.5 Å². The highest BCUT2D eigenvalue weighted by atomic mass is 32.2. The maximum Gasteiger partial charge on any atom is 0.251 e. The average molecular weight is 419 g/mol. The summed E-state index contributed by atoms with van der Waals surface area (Å²) in [6, 6.07) is 2.30. The van der Waals surface area contributed by atoms with Crippen molar-refractivity contribution in [2.24, 2.45) is 5.92 Å². The van der Waals surface area contributed by atoms with Gasteiger partial charge < -0.3 is 15.2 Å². The second-order valence-corrected chi connectivity index (χ2v) is 10.00. The van der Waals surface area contributed by atoms with Crippen LogP contribution in [0.15, 0.2) is 17.2 Å². The number of aryl methyl sites for hydroxylation is 2. The lowest BCUT2D eigenvalue weighted by Crippen LogP contribution is -2.41. The van der Waals surface area contributed by atoms with Crippen LogP contribution >= 0.6 is 0 Å². The van der Waals surface area contributed by atoms with Crippen molar-refractivity contribution in [2.45, 2.75) is 63.2 Å². The monoisotopic (exact) mass is 418 g/mol. The minimum atomic E-state index is -3.99. The Labute approximate surface area is 170 Å². The molecule has 0 saturated carbocycles. The zero-order valence-corrected chi connectivity index (χ0v) is 17.3. The summed E-state index contributed by atoms with van der Waals surface area (Å²) in [4.78, 5) is -0.0474. The van der Waals surface area contributed by atoms with Gasteiger partial charge in [-0.1, -0.05) is 13.0 Å². The first-order chi connectivity index (χ1) is 13.9. The molecule has 0 spiro atoms. The van der Waals surface area contributed by atoms with E-state index in [1.165, 1.54) is 28.5 Å². The number of anilines is 1. The second kappa shape index (κ2) is 7.00. The molecule has 2 aromatic rings. The molecule has 1 aliphatic heterocycles. The number of rotatable bonds is 5. The SMILES string of the molecule is CC1COc2c(S(=O)(=O)NC(O)Nc3c4c(cc5c3CCC5)CCC4)cnn2C1. The number of benzene rings is 1. The highest BCUT2D eigenvalue weighted by molar-refractivity contribution is 7.89. The molecule has 8 nitrogen and oxygen atoms in total. The van der Waals surface area contributed by atoms with Crippen LogP contribution in [-0.4, -0.2) is 36.3 Å². The van der Waals surface area contributed by atoms with Gasteiger partial charge in [0.25, 0.3) is 10.0 Å². The quantitative estimate of drug-likeness (QED) is 0.637. The second-order valence-electron chi connectivity index (χ2n) is 8.31. The third kappa shape index (κ3) is 3.31. The van der Waals surface area contributed by atoms with Gasteiger partial charge in [-0.15, -0.1) is 0 Å². The van der Waals surface area contributed by atoms with Crippen LogP contribution in [0.5, 0.6) is 5.88 Å². The lowest BCUT2D eigenvalue weighted by atomic mass is 9.99. The predicted octanol–water partition coefficient (Wildman–Crippen LogP) is 1.56. The van der Waals surface area contributed by atoms with Crippen molar-refractivity contribution >= 4 is 15.7 Å². The zero-order chi connectivity index (χ0) is 20.2. The van der Waals surface area contributed by atoms with E-state index in [0.29, 0.717) is 13.2 Å². The predicted molar refractivity (Wildman–Crippen MR) is 107 cm³/mol. The first-order valence-electron chi connectivity index (χ1n) is 10.2. The molecule has 0 amide bonds. The number of hydrogen-bond acceptors (Lipinski definition) is 6. The van der Waals surface area contributed by atoms with Crippen molar-refractivity contribution in [2.75, 3.05) is 11.9 Å². The molecule has 0 radical (unpaired) electrons. The van der Waals surface area contributed by atoms with Crippen LogP contribution in [0.4, 0.5) is 5.69 Å². The maximum absolute atomic E-state index is 12.9. The Morgan fingerprint density at radius 1 is 1.21 bits per heavy atom. The van der Waals surface area contributed by atoms with E-state index in [0.717, 1.165) is 44.2 Å². The summed E-state index contributed by atoms with van der Waals surface area (Å²) in [5.74, 6) is 0.490. The van der Waals surface area contributed by atoms with Gasteiger partial charge in [0.15, 0.2) is 11.2 Å². The molecular weight excluding hydrogens is 392 g/mol. The minimum Gasteiger partial charge on any atom is -0.477 e. The first kappa shape index (κ1) is 18.9. The van der Waals surface area contributed by atoms with E-state index in [4.69, 9.17) is 4.74 Å². The van der Waals surface area contributed by atoms with Gasteiger partial charge in [0.05, 0.1) is 19.3 Å². The van der Waals surface area contributed by atoms with E-state index < -0.39 is 16.4 Å². The van der Waals surface area contributed by atoms with Crippen LogP contribution in [0.25, 0.3) is 0 Å². The summed E-state index contributed by atoms with van der Waals surface area (Å²) in [6.07, 6.45) is 6.01. The van der Waals surface area contributed by atoms with Crippen LogP contribution in [0, 0.1) is 5.92 Å².